The molecule has 3 aromatic rings. The summed E-state index contributed by atoms with van der Waals surface area (Å²) in [7, 11) is 0. The van der Waals surface area contributed by atoms with Crippen molar-refractivity contribution < 1.29 is 4.42 Å². The molecule has 2 N–H and O–H groups in total. The first kappa shape index (κ1) is 12.9. The molecule has 20 heavy (non-hydrogen) atoms. The molecule has 0 aliphatic carbocycles. The van der Waals surface area contributed by atoms with Crippen molar-refractivity contribution >= 4 is 26.9 Å². The average molecular weight is 327 g/mol. The molecule has 0 radical (unpaired) electrons. The van der Waals surface area contributed by atoms with Gasteiger partial charge in [0.05, 0.1) is 17.7 Å². The molecule has 0 saturated carbocycles. The van der Waals surface area contributed by atoms with Gasteiger partial charge < -0.3 is 10.2 Å². The van der Waals surface area contributed by atoms with Crippen molar-refractivity contribution in [1.82, 2.24) is 0 Å². The van der Waals surface area contributed by atoms with Gasteiger partial charge in [0.2, 0.25) is 0 Å². The number of hydrogen-bond donors (Lipinski definition) is 1. The van der Waals surface area contributed by atoms with E-state index in [1.165, 1.54) is 0 Å². The van der Waals surface area contributed by atoms with Crippen LogP contribution in [0.4, 0.5) is 0 Å². The third-order valence-corrected chi connectivity index (χ3v) is 3.67. The van der Waals surface area contributed by atoms with E-state index in [9.17, 15) is 0 Å². The van der Waals surface area contributed by atoms with Crippen molar-refractivity contribution in [2.45, 2.75) is 6.04 Å². The molecule has 3 nitrogen and oxygen atoms in total. The van der Waals surface area contributed by atoms with Crippen LogP contribution in [0.1, 0.15) is 22.9 Å². The number of furan rings is 1. The lowest BCUT2D eigenvalue weighted by atomic mass is 10.0. The number of hydrogen-bond acceptors (Lipinski definition) is 3. The van der Waals surface area contributed by atoms with E-state index in [-0.39, 0.29) is 6.04 Å². The number of halogens is 1. The first-order chi connectivity index (χ1) is 9.67. The van der Waals surface area contributed by atoms with Crippen LogP contribution >= 0.6 is 15.9 Å². The van der Waals surface area contributed by atoms with Crippen molar-refractivity contribution in [2.24, 2.45) is 5.73 Å². The van der Waals surface area contributed by atoms with Gasteiger partial charge in [-0.3, -0.25) is 0 Å². The summed E-state index contributed by atoms with van der Waals surface area (Å²) in [5.74, 6) is 0.688. The molecule has 0 fully saturated rings. The maximum Gasteiger partial charge on any atom is 0.134 e. The highest BCUT2D eigenvalue weighted by Gasteiger charge is 2.14. The van der Waals surface area contributed by atoms with Crippen molar-refractivity contribution in [1.29, 1.82) is 5.26 Å². The minimum Gasteiger partial charge on any atom is -0.459 e. The summed E-state index contributed by atoms with van der Waals surface area (Å²) in [4.78, 5) is 0. The largest absolute Gasteiger partial charge is 0.459 e. The minimum atomic E-state index is -0.380. The molecule has 1 atom stereocenters. The third-order valence-electron chi connectivity index (χ3n) is 3.18. The van der Waals surface area contributed by atoms with Gasteiger partial charge >= 0.3 is 0 Å². The number of rotatable bonds is 2. The predicted molar refractivity (Wildman–Crippen MR) is 81.1 cm³/mol. The van der Waals surface area contributed by atoms with Crippen LogP contribution in [-0.4, -0.2) is 0 Å². The van der Waals surface area contributed by atoms with Gasteiger partial charge in [-0.15, -0.1) is 0 Å². The molecule has 2 aromatic carbocycles. The van der Waals surface area contributed by atoms with Crippen LogP contribution in [-0.2, 0) is 0 Å². The maximum atomic E-state index is 8.94. The summed E-state index contributed by atoms with van der Waals surface area (Å²) >= 11 is 3.43. The zero-order valence-electron chi connectivity index (χ0n) is 10.5. The van der Waals surface area contributed by atoms with Gasteiger partial charge in [0, 0.05) is 9.86 Å². The molecule has 1 unspecified atom stereocenters. The van der Waals surface area contributed by atoms with E-state index in [1.54, 1.807) is 12.1 Å². The number of nitrogens with zero attached hydrogens (tertiary/aromatic N) is 1. The lowest BCUT2D eigenvalue weighted by molar-refractivity contribution is 0.525. The average Bonchev–Trinajstić information content (AvgIpc) is 2.89. The Morgan fingerprint density at radius 1 is 1.15 bits per heavy atom. The highest BCUT2D eigenvalue weighted by molar-refractivity contribution is 9.10. The molecule has 1 aromatic heterocycles. The fourth-order valence-corrected chi connectivity index (χ4v) is 2.53. The predicted octanol–water partition coefficient (Wildman–Crippen LogP) is 4.12. The van der Waals surface area contributed by atoms with Crippen molar-refractivity contribution in [2.75, 3.05) is 0 Å². The summed E-state index contributed by atoms with van der Waals surface area (Å²) in [5.41, 5.74) is 8.49. The van der Waals surface area contributed by atoms with Gasteiger partial charge in [-0.05, 0) is 42.0 Å². The Balaban J connectivity index is 2.03. The van der Waals surface area contributed by atoms with Gasteiger partial charge in [0.25, 0.3) is 0 Å². The van der Waals surface area contributed by atoms with Crippen LogP contribution < -0.4 is 5.73 Å². The SMILES string of the molecule is N#Cc1cccc(C(N)c2cc3cc(Br)ccc3o2)c1. The number of fused-ring (bicyclic) bond motifs is 1. The summed E-state index contributed by atoms with van der Waals surface area (Å²) in [5, 5.41) is 9.94. The highest BCUT2D eigenvalue weighted by atomic mass is 79.9. The molecular formula is C16H11BrN2O. The summed E-state index contributed by atoms with van der Waals surface area (Å²) < 4.78 is 6.78. The van der Waals surface area contributed by atoms with E-state index >= 15 is 0 Å². The normalized spacial score (nSPS) is 12.2. The van der Waals surface area contributed by atoms with Gasteiger partial charge in [-0.1, -0.05) is 28.1 Å². The smallest absolute Gasteiger partial charge is 0.134 e. The molecule has 0 bridgehead atoms. The molecule has 0 aliphatic rings. The first-order valence-corrected chi connectivity index (χ1v) is 6.91. The molecule has 0 aliphatic heterocycles. The summed E-state index contributed by atoms with van der Waals surface area (Å²) in [6, 6.07) is 16.8. The van der Waals surface area contributed by atoms with Gasteiger partial charge in [-0.2, -0.15) is 5.26 Å². The number of nitrogens with two attached hydrogens (primary N) is 1. The fraction of sp³-hybridized carbons (Fsp3) is 0.0625. The zero-order valence-corrected chi connectivity index (χ0v) is 12.1. The first-order valence-electron chi connectivity index (χ1n) is 6.12. The molecule has 0 saturated heterocycles. The second-order valence-corrected chi connectivity index (χ2v) is 5.46. The zero-order chi connectivity index (χ0) is 14.1. The standard InChI is InChI=1S/C16H11BrN2O/c17-13-4-5-14-12(7-13)8-15(20-14)16(19)11-3-1-2-10(6-11)9-18/h1-8,16H,19H2. The Hall–Kier alpha value is -2.09. The van der Waals surface area contributed by atoms with Crippen LogP contribution in [0.2, 0.25) is 0 Å². The molecule has 3 rings (SSSR count). The third kappa shape index (κ3) is 2.34. The van der Waals surface area contributed by atoms with E-state index in [1.807, 2.05) is 36.4 Å². The van der Waals surface area contributed by atoms with Crippen molar-refractivity contribution in [3.63, 3.8) is 0 Å². The molecule has 4 heteroatoms. The Morgan fingerprint density at radius 2 is 2.00 bits per heavy atom. The lowest BCUT2D eigenvalue weighted by Gasteiger charge is -2.08. The molecule has 1 heterocycles. The van der Waals surface area contributed by atoms with Crippen LogP contribution in [0.15, 0.2) is 57.4 Å². The van der Waals surface area contributed by atoms with Crippen LogP contribution in [0.5, 0.6) is 0 Å². The Bertz CT molecular complexity index is 817. The quantitative estimate of drug-likeness (QED) is 0.770. The summed E-state index contributed by atoms with van der Waals surface area (Å²) in [6.45, 7) is 0. The van der Waals surface area contributed by atoms with Crippen LogP contribution in [0, 0.1) is 11.3 Å². The van der Waals surface area contributed by atoms with E-state index in [0.717, 1.165) is 21.0 Å². The molecule has 0 amide bonds. The molecular weight excluding hydrogens is 316 g/mol. The van der Waals surface area contributed by atoms with Crippen LogP contribution in [0.3, 0.4) is 0 Å². The van der Waals surface area contributed by atoms with E-state index < -0.39 is 0 Å². The number of benzene rings is 2. The fourth-order valence-electron chi connectivity index (χ4n) is 2.15. The Morgan fingerprint density at radius 3 is 2.80 bits per heavy atom. The minimum absolute atomic E-state index is 0.380. The van der Waals surface area contributed by atoms with Gasteiger partial charge in [-0.25, -0.2) is 0 Å². The van der Waals surface area contributed by atoms with E-state index in [2.05, 4.69) is 22.0 Å². The van der Waals surface area contributed by atoms with Crippen LogP contribution in [0.25, 0.3) is 11.0 Å². The van der Waals surface area contributed by atoms with Crippen molar-refractivity contribution in [3.8, 4) is 6.07 Å². The lowest BCUT2D eigenvalue weighted by Crippen LogP contribution is -2.10. The van der Waals surface area contributed by atoms with Crippen molar-refractivity contribution in [3.05, 3.63) is 69.9 Å². The summed E-state index contributed by atoms with van der Waals surface area (Å²) in [6.07, 6.45) is 0. The molecule has 98 valence electrons. The monoisotopic (exact) mass is 326 g/mol. The number of nitriles is 1. The molecule has 0 spiro atoms. The second-order valence-electron chi connectivity index (χ2n) is 4.55. The van der Waals surface area contributed by atoms with Gasteiger partial charge in [0.1, 0.15) is 11.3 Å². The maximum absolute atomic E-state index is 8.94. The second kappa shape index (κ2) is 5.12. The Kier molecular flexibility index (Phi) is 3.31. The Labute approximate surface area is 124 Å². The van der Waals surface area contributed by atoms with E-state index in [4.69, 9.17) is 15.4 Å². The topological polar surface area (TPSA) is 63.0 Å². The van der Waals surface area contributed by atoms with E-state index in [0.29, 0.717) is 11.3 Å². The van der Waals surface area contributed by atoms with Gasteiger partial charge in [0.15, 0.2) is 0 Å². The highest BCUT2D eigenvalue weighted by Crippen LogP contribution is 2.28.